The maximum absolute atomic E-state index is 10.8. The summed E-state index contributed by atoms with van der Waals surface area (Å²) < 4.78 is 5.23. The third kappa shape index (κ3) is 2.25. The molecule has 0 amide bonds. The summed E-state index contributed by atoms with van der Waals surface area (Å²) in [5, 5.41) is 0. The first-order chi connectivity index (χ1) is 8.65. The van der Waals surface area contributed by atoms with Crippen LogP contribution < -0.4 is 4.74 Å². The molecule has 0 fully saturated rings. The Morgan fingerprint density at radius 1 is 1.17 bits per heavy atom. The van der Waals surface area contributed by atoms with E-state index >= 15 is 0 Å². The molecule has 2 aromatic rings. The molecule has 2 rings (SSSR count). The van der Waals surface area contributed by atoms with Crippen molar-refractivity contribution >= 4 is 6.29 Å². The van der Waals surface area contributed by atoms with Gasteiger partial charge in [0.1, 0.15) is 5.75 Å². The highest BCUT2D eigenvalue weighted by molar-refractivity contribution is 5.77. The SMILES string of the molecule is COc1ccc(-c2ccc(C=O)c(C)n2)cc1C. The van der Waals surface area contributed by atoms with Gasteiger partial charge in [0.25, 0.3) is 0 Å². The molecule has 0 spiro atoms. The first kappa shape index (κ1) is 12.3. The van der Waals surface area contributed by atoms with Crippen molar-refractivity contribution in [3.8, 4) is 17.0 Å². The molecular formula is C15H15NO2. The molecule has 18 heavy (non-hydrogen) atoms. The fourth-order valence-electron chi connectivity index (χ4n) is 1.89. The first-order valence-electron chi connectivity index (χ1n) is 5.73. The maximum atomic E-state index is 10.8. The highest BCUT2D eigenvalue weighted by Gasteiger charge is 2.05. The van der Waals surface area contributed by atoms with Gasteiger partial charge in [0.2, 0.25) is 0 Å². The molecule has 0 aliphatic rings. The fraction of sp³-hybridized carbons (Fsp3) is 0.200. The standard InChI is InChI=1S/C15H15NO2/c1-10-8-12(5-7-15(10)18-3)14-6-4-13(9-17)11(2)16-14/h4-9H,1-3H3. The number of hydrogen-bond donors (Lipinski definition) is 0. The van der Waals surface area contributed by atoms with Gasteiger partial charge in [-0.3, -0.25) is 9.78 Å². The van der Waals surface area contributed by atoms with Gasteiger partial charge in [-0.25, -0.2) is 0 Å². The number of nitrogens with zero attached hydrogens (tertiary/aromatic N) is 1. The van der Waals surface area contributed by atoms with Crippen molar-refractivity contribution in [2.75, 3.05) is 7.11 Å². The molecule has 0 aliphatic heterocycles. The Hall–Kier alpha value is -2.16. The zero-order chi connectivity index (χ0) is 13.1. The van der Waals surface area contributed by atoms with Crippen LogP contribution in [0.2, 0.25) is 0 Å². The van der Waals surface area contributed by atoms with Crippen molar-refractivity contribution in [1.29, 1.82) is 0 Å². The Morgan fingerprint density at radius 3 is 2.50 bits per heavy atom. The lowest BCUT2D eigenvalue weighted by molar-refractivity contribution is 0.112. The Labute approximate surface area is 106 Å². The van der Waals surface area contributed by atoms with Gasteiger partial charge in [-0.15, -0.1) is 0 Å². The van der Waals surface area contributed by atoms with Crippen LogP contribution in [-0.4, -0.2) is 18.4 Å². The van der Waals surface area contributed by atoms with Gasteiger partial charge in [0, 0.05) is 16.8 Å². The van der Waals surface area contributed by atoms with Gasteiger partial charge < -0.3 is 4.74 Å². The molecule has 92 valence electrons. The summed E-state index contributed by atoms with van der Waals surface area (Å²) in [5.74, 6) is 0.861. The molecule has 0 aliphatic carbocycles. The molecule has 0 bridgehead atoms. The zero-order valence-corrected chi connectivity index (χ0v) is 10.7. The molecule has 1 heterocycles. The smallest absolute Gasteiger partial charge is 0.151 e. The lowest BCUT2D eigenvalue weighted by atomic mass is 10.1. The largest absolute Gasteiger partial charge is 0.496 e. The monoisotopic (exact) mass is 241 g/mol. The molecule has 1 aromatic carbocycles. The van der Waals surface area contributed by atoms with E-state index in [1.54, 1.807) is 13.2 Å². The second kappa shape index (κ2) is 5.00. The van der Waals surface area contributed by atoms with Gasteiger partial charge in [0.05, 0.1) is 12.8 Å². The van der Waals surface area contributed by atoms with E-state index in [0.29, 0.717) is 5.56 Å². The van der Waals surface area contributed by atoms with E-state index in [0.717, 1.165) is 34.6 Å². The predicted octanol–water partition coefficient (Wildman–Crippen LogP) is 3.19. The minimum atomic E-state index is 0.629. The Balaban J connectivity index is 2.45. The van der Waals surface area contributed by atoms with E-state index in [1.165, 1.54) is 0 Å². The molecule has 1 aromatic heterocycles. The van der Waals surface area contributed by atoms with Gasteiger partial charge in [-0.1, -0.05) is 0 Å². The number of carbonyl (C=O) groups is 1. The average molecular weight is 241 g/mol. The molecule has 3 nitrogen and oxygen atoms in total. The van der Waals surface area contributed by atoms with Crippen LogP contribution in [0.3, 0.4) is 0 Å². The minimum Gasteiger partial charge on any atom is -0.496 e. The van der Waals surface area contributed by atoms with Crippen LogP contribution in [0.15, 0.2) is 30.3 Å². The fourth-order valence-corrected chi connectivity index (χ4v) is 1.89. The summed E-state index contributed by atoms with van der Waals surface area (Å²) in [6.45, 7) is 3.83. The van der Waals surface area contributed by atoms with Crippen molar-refractivity contribution in [1.82, 2.24) is 4.98 Å². The van der Waals surface area contributed by atoms with E-state index < -0.39 is 0 Å². The third-order valence-corrected chi connectivity index (χ3v) is 2.94. The Kier molecular flexibility index (Phi) is 3.42. The first-order valence-corrected chi connectivity index (χ1v) is 5.73. The van der Waals surface area contributed by atoms with E-state index in [4.69, 9.17) is 4.74 Å². The van der Waals surface area contributed by atoms with Crippen LogP contribution in [0.25, 0.3) is 11.3 Å². The van der Waals surface area contributed by atoms with Gasteiger partial charge in [0.15, 0.2) is 6.29 Å². The quantitative estimate of drug-likeness (QED) is 0.775. The van der Waals surface area contributed by atoms with Gasteiger partial charge in [-0.2, -0.15) is 0 Å². The lowest BCUT2D eigenvalue weighted by Gasteiger charge is -2.08. The number of aromatic nitrogens is 1. The highest BCUT2D eigenvalue weighted by Crippen LogP contribution is 2.25. The van der Waals surface area contributed by atoms with E-state index in [9.17, 15) is 4.79 Å². The minimum absolute atomic E-state index is 0.629. The predicted molar refractivity (Wildman–Crippen MR) is 71.1 cm³/mol. The molecule has 0 unspecified atom stereocenters. The van der Waals surface area contributed by atoms with Crippen LogP contribution in [0.5, 0.6) is 5.75 Å². The molecule has 0 radical (unpaired) electrons. The summed E-state index contributed by atoms with van der Waals surface area (Å²) in [6, 6.07) is 9.58. The number of ether oxygens (including phenoxy) is 1. The van der Waals surface area contributed by atoms with Gasteiger partial charge in [-0.05, 0) is 49.7 Å². The number of aldehydes is 1. The number of pyridine rings is 1. The highest BCUT2D eigenvalue weighted by atomic mass is 16.5. The van der Waals surface area contributed by atoms with Gasteiger partial charge >= 0.3 is 0 Å². The third-order valence-electron chi connectivity index (χ3n) is 2.94. The van der Waals surface area contributed by atoms with Crippen molar-refractivity contribution < 1.29 is 9.53 Å². The van der Waals surface area contributed by atoms with Crippen LogP contribution in [-0.2, 0) is 0 Å². The van der Waals surface area contributed by atoms with Crippen molar-refractivity contribution in [3.05, 3.63) is 47.2 Å². The second-order valence-corrected chi connectivity index (χ2v) is 4.17. The number of carbonyl (C=O) groups excluding carboxylic acids is 1. The van der Waals surface area contributed by atoms with E-state index in [2.05, 4.69) is 4.98 Å². The van der Waals surface area contributed by atoms with Crippen LogP contribution in [0.1, 0.15) is 21.6 Å². The van der Waals surface area contributed by atoms with Crippen molar-refractivity contribution in [2.24, 2.45) is 0 Å². The summed E-state index contributed by atoms with van der Waals surface area (Å²) in [5.41, 5.74) is 4.33. The number of hydrogen-bond acceptors (Lipinski definition) is 3. The van der Waals surface area contributed by atoms with Crippen molar-refractivity contribution in [2.45, 2.75) is 13.8 Å². The molecular weight excluding hydrogens is 226 g/mol. The molecule has 0 saturated heterocycles. The molecule has 0 N–H and O–H groups in total. The van der Waals surface area contributed by atoms with Crippen LogP contribution in [0.4, 0.5) is 0 Å². The topological polar surface area (TPSA) is 39.2 Å². The summed E-state index contributed by atoms with van der Waals surface area (Å²) in [7, 11) is 1.66. The zero-order valence-electron chi connectivity index (χ0n) is 10.7. The lowest BCUT2D eigenvalue weighted by Crippen LogP contribution is -1.94. The Morgan fingerprint density at radius 2 is 1.94 bits per heavy atom. The molecule has 0 atom stereocenters. The normalized spacial score (nSPS) is 10.2. The number of benzene rings is 1. The summed E-state index contributed by atoms with van der Waals surface area (Å²) >= 11 is 0. The number of rotatable bonds is 3. The van der Waals surface area contributed by atoms with Crippen LogP contribution >= 0.6 is 0 Å². The summed E-state index contributed by atoms with van der Waals surface area (Å²) in [6.07, 6.45) is 0.825. The van der Waals surface area contributed by atoms with E-state index in [1.807, 2.05) is 38.1 Å². The molecule has 3 heteroatoms. The molecule has 0 saturated carbocycles. The van der Waals surface area contributed by atoms with E-state index in [-0.39, 0.29) is 0 Å². The summed E-state index contributed by atoms with van der Waals surface area (Å²) in [4.78, 5) is 15.2. The van der Waals surface area contributed by atoms with Crippen molar-refractivity contribution in [3.63, 3.8) is 0 Å². The Bertz CT molecular complexity index is 591. The maximum Gasteiger partial charge on any atom is 0.151 e. The number of methoxy groups -OCH3 is 1. The van der Waals surface area contributed by atoms with Crippen LogP contribution in [0, 0.1) is 13.8 Å². The second-order valence-electron chi connectivity index (χ2n) is 4.17. The number of aryl methyl sites for hydroxylation is 2. The average Bonchev–Trinajstić information content (AvgIpc) is 2.38.